The van der Waals surface area contributed by atoms with Crippen molar-refractivity contribution < 1.29 is 14.3 Å². The van der Waals surface area contributed by atoms with E-state index in [0.717, 1.165) is 5.69 Å². The van der Waals surface area contributed by atoms with Gasteiger partial charge in [0.05, 0.1) is 24.3 Å². The van der Waals surface area contributed by atoms with Gasteiger partial charge in [-0.2, -0.15) is 0 Å². The van der Waals surface area contributed by atoms with E-state index in [0.29, 0.717) is 23.7 Å². The molecule has 2 aromatic rings. The summed E-state index contributed by atoms with van der Waals surface area (Å²) in [6.45, 7) is 0.598. The third kappa shape index (κ3) is 1.04. The summed E-state index contributed by atoms with van der Waals surface area (Å²) in [4.78, 5) is 17.8. The molecule has 76 valence electrons. The molecule has 0 amide bonds. The lowest BCUT2D eigenvalue weighted by molar-refractivity contribution is 0.0663. The van der Waals surface area contributed by atoms with Crippen LogP contribution in [0, 0.1) is 0 Å². The van der Waals surface area contributed by atoms with Gasteiger partial charge in [0.15, 0.2) is 5.76 Å². The van der Waals surface area contributed by atoms with Crippen LogP contribution in [0.5, 0.6) is 0 Å². The van der Waals surface area contributed by atoms with Gasteiger partial charge in [-0.15, -0.1) is 0 Å². The van der Waals surface area contributed by atoms with Gasteiger partial charge in [0.1, 0.15) is 5.69 Å². The first kappa shape index (κ1) is 8.10. The molecule has 0 bridgehead atoms. The van der Waals surface area contributed by atoms with E-state index >= 15 is 0 Å². The lowest BCUT2D eigenvalue weighted by Gasteiger charge is -2.10. The van der Waals surface area contributed by atoms with Gasteiger partial charge >= 0.3 is 5.97 Å². The quantitative estimate of drug-likeness (QED) is 0.652. The van der Waals surface area contributed by atoms with Crippen molar-refractivity contribution in [3.63, 3.8) is 0 Å². The zero-order valence-electron chi connectivity index (χ0n) is 7.57. The fourth-order valence-corrected chi connectivity index (χ4v) is 1.64. The van der Waals surface area contributed by atoms with Crippen LogP contribution in [0.25, 0.3) is 11.5 Å². The zero-order valence-corrected chi connectivity index (χ0v) is 7.57. The number of hydrogen-bond acceptors (Lipinski definition) is 4. The molecule has 1 aliphatic rings. The second-order valence-corrected chi connectivity index (χ2v) is 3.24. The predicted molar refractivity (Wildman–Crippen MR) is 50.6 cm³/mol. The maximum Gasteiger partial charge on any atom is 0.371 e. The number of H-pyrrole nitrogens is 1. The van der Waals surface area contributed by atoms with Crippen LogP contribution in [0.2, 0.25) is 0 Å². The molecule has 0 unspecified atom stereocenters. The molecular weight excluding hydrogens is 198 g/mol. The minimum Gasteiger partial charge on any atom is -0.475 e. The summed E-state index contributed by atoms with van der Waals surface area (Å²) in [5.41, 5.74) is 2.25. The maximum atomic E-state index is 10.7. The first-order valence-electron chi connectivity index (χ1n) is 4.39. The third-order valence-electron chi connectivity index (χ3n) is 2.33. The molecule has 1 aliphatic heterocycles. The number of carbonyl (C=O) groups is 1. The van der Waals surface area contributed by atoms with Crippen LogP contribution < -0.4 is 5.32 Å². The van der Waals surface area contributed by atoms with Crippen molar-refractivity contribution in [2.75, 3.05) is 5.32 Å². The molecule has 3 rings (SSSR count). The van der Waals surface area contributed by atoms with Crippen molar-refractivity contribution >= 4 is 11.7 Å². The molecule has 15 heavy (non-hydrogen) atoms. The molecule has 3 N–H and O–H groups in total. The summed E-state index contributed by atoms with van der Waals surface area (Å²) in [7, 11) is 0. The first-order chi connectivity index (χ1) is 7.25. The summed E-state index contributed by atoms with van der Waals surface area (Å²) in [5.74, 6) is -0.679. The van der Waals surface area contributed by atoms with E-state index in [2.05, 4.69) is 15.3 Å². The highest BCUT2D eigenvalue weighted by atomic mass is 16.4. The third-order valence-corrected chi connectivity index (χ3v) is 2.33. The van der Waals surface area contributed by atoms with Gasteiger partial charge in [0.25, 0.3) is 0 Å². The number of rotatable bonds is 1. The summed E-state index contributed by atoms with van der Waals surface area (Å²) in [6.07, 6.45) is 1.56. The predicted octanol–water partition coefficient (Wildman–Crippen LogP) is 1.29. The van der Waals surface area contributed by atoms with E-state index in [9.17, 15) is 4.79 Å². The average Bonchev–Trinajstić information content (AvgIpc) is 2.82. The fraction of sp³-hybridized carbons (Fsp3) is 0.111. The second kappa shape index (κ2) is 2.63. The van der Waals surface area contributed by atoms with Crippen LogP contribution in [-0.4, -0.2) is 21.0 Å². The molecule has 2 aromatic heterocycles. The Morgan fingerprint density at radius 1 is 1.60 bits per heavy atom. The largest absolute Gasteiger partial charge is 0.475 e. The number of nitrogens with one attached hydrogen (secondary N) is 2. The Morgan fingerprint density at radius 2 is 2.47 bits per heavy atom. The van der Waals surface area contributed by atoms with Crippen LogP contribution in [-0.2, 0) is 6.54 Å². The van der Waals surface area contributed by atoms with Crippen LogP contribution in [0.1, 0.15) is 16.2 Å². The van der Waals surface area contributed by atoms with Crippen molar-refractivity contribution in [2.24, 2.45) is 0 Å². The standard InChI is InChI=1S/C9H7N3O3/c13-9(14)6-1-4-8(15-6)7-5(2-10-4)11-3-12-7/h1,3,10H,2H2,(H,11,12)(H,13,14). The van der Waals surface area contributed by atoms with E-state index in [1.807, 2.05) is 0 Å². The van der Waals surface area contributed by atoms with E-state index in [-0.39, 0.29) is 5.76 Å². The Balaban J connectivity index is 2.20. The molecule has 0 aliphatic carbocycles. The molecule has 0 atom stereocenters. The summed E-state index contributed by atoms with van der Waals surface area (Å²) >= 11 is 0. The normalized spacial score (nSPS) is 12.8. The van der Waals surface area contributed by atoms with Gasteiger partial charge in [0, 0.05) is 6.07 Å². The topological polar surface area (TPSA) is 91.2 Å². The van der Waals surface area contributed by atoms with E-state index in [1.165, 1.54) is 6.07 Å². The molecule has 3 heterocycles. The fourth-order valence-electron chi connectivity index (χ4n) is 1.64. The van der Waals surface area contributed by atoms with E-state index in [4.69, 9.17) is 9.52 Å². The van der Waals surface area contributed by atoms with Gasteiger partial charge in [-0.05, 0) is 0 Å². The average molecular weight is 205 g/mol. The van der Waals surface area contributed by atoms with Crippen molar-refractivity contribution in [1.82, 2.24) is 9.97 Å². The molecule has 6 nitrogen and oxygen atoms in total. The smallest absolute Gasteiger partial charge is 0.371 e. The highest BCUT2D eigenvalue weighted by Crippen LogP contribution is 2.35. The van der Waals surface area contributed by atoms with Crippen LogP contribution >= 0.6 is 0 Å². The summed E-state index contributed by atoms with van der Waals surface area (Å²) in [6, 6.07) is 1.47. The maximum absolute atomic E-state index is 10.7. The number of fused-ring (bicyclic) bond motifs is 3. The van der Waals surface area contributed by atoms with Gasteiger partial charge in [-0.1, -0.05) is 0 Å². The lowest BCUT2D eigenvalue weighted by Crippen LogP contribution is -2.06. The Morgan fingerprint density at radius 3 is 3.27 bits per heavy atom. The Kier molecular flexibility index (Phi) is 1.42. The minimum atomic E-state index is -1.08. The Bertz CT molecular complexity index is 541. The monoisotopic (exact) mass is 205 g/mol. The molecule has 0 aromatic carbocycles. The molecule has 0 radical (unpaired) electrons. The highest BCUT2D eigenvalue weighted by molar-refractivity contribution is 5.89. The van der Waals surface area contributed by atoms with Crippen molar-refractivity contribution in [3.8, 4) is 11.5 Å². The second-order valence-electron chi connectivity index (χ2n) is 3.24. The number of carboxylic acid groups (broad SMARTS) is 1. The SMILES string of the molecule is O=C(O)c1cc2c(o1)-c1nc[nH]c1CN2. The molecule has 0 saturated carbocycles. The molecular formula is C9H7N3O3. The lowest BCUT2D eigenvalue weighted by atomic mass is 10.2. The van der Waals surface area contributed by atoms with Crippen LogP contribution in [0.3, 0.4) is 0 Å². The van der Waals surface area contributed by atoms with Crippen molar-refractivity contribution in [1.29, 1.82) is 0 Å². The van der Waals surface area contributed by atoms with E-state index < -0.39 is 5.97 Å². The van der Waals surface area contributed by atoms with Crippen molar-refractivity contribution in [2.45, 2.75) is 6.54 Å². The van der Waals surface area contributed by atoms with Gasteiger partial charge in [0.2, 0.25) is 5.76 Å². The van der Waals surface area contributed by atoms with E-state index in [1.54, 1.807) is 6.33 Å². The number of anilines is 1. The summed E-state index contributed by atoms with van der Waals surface area (Å²) < 4.78 is 5.21. The van der Waals surface area contributed by atoms with Crippen LogP contribution in [0.4, 0.5) is 5.69 Å². The molecule has 0 fully saturated rings. The number of aromatic nitrogens is 2. The Labute approximate surface area is 83.9 Å². The van der Waals surface area contributed by atoms with Gasteiger partial charge in [-0.3, -0.25) is 0 Å². The van der Waals surface area contributed by atoms with Crippen molar-refractivity contribution in [3.05, 3.63) is 23.8 Å². The van der Waals surface area contributed by atoms with Gasteiger partial charge < -0.3 is 19.8 Å². The first-order valence-corrected chi connectivity index (χ1v) is 4.39. The molecule has 6 heteroatoms. The summed E-state index contributed by atoms with van der Waals surface area (Å²) in [5, 5.41) is 11.8. The number of aromatic carboxylic acids is 1. The number of imidazole rings is 1. The number of aromatic amines is 1. The molecule has 0 spiro atoms. The molecule has 0 saturated heterocycles. The van der Waals surface area contributed by atoms with Gasteiger partial charge in [-0.25, -0.2) is 9.78 Å². The van der Waals surface area contributed by atoms with Crippen LogP contribution in [0.15, 0.2) is 16.8 Å². The Hall–Kier alpha value is -2.24. The number of carboxylic acids is 1. The number of furan rings is 1. The number of nitrogens with zero attached hydrogens (tertiary/aromatic N) is 1. The number of hydrogen-bond donors (Lipinski definition) is 3. The zero-order chi connectivity index (χ0) is 10.4. The highest BCUT2D eigenvalue weighted by Gasteiger charge is 2.24. The minimum absolute atomic E-state index is 0.0802.